The quantitative estimate of drug-likeness (QED) is 0.215. The van der Waals surface area contributed by atoms with E-state index >= 15 is 0 Å². The van der Waals surface area contributed by atoms with Crippen LogP contribution in [0.5, 0.6) is 0 Å². The highest BCUT2D eigenvalue weighted by atomic mass is 127. The van der Waals surface area contributed by atoms with Gasteiger partial charge < -0.3 is 16.0 Å². The standard InChI is InChI=1S/C20H32N4O3S.HI/c1-15-13-16(9-10-18(15)28(3,26)27)14-24-20(21-2)23-12-11-22-19(25)17-7-5-4-6-8-17;/h9-10,13,17H,4-8,11-12,14H2,1-3H3,(H,22,25)(H2,21,23,24);1H. The van der Waals surface area contributed by atoms with E-state index in [0.29, 0.717) is 30.5 Å². The van der Waals surface area contributed by atoms with Gasteiger partial charge in [0.1, 0.15) is 0 Å². The third-order valence-electron chi connectivity index (χ3n) is 5.02. The summed E-state index contributed by atoms with van der Waals surface area (Å²) < 4.78 is 23.4. The molecule has 1 aliphatic carbocycles. The average Bonchev–Trinajstić information content (AvgIpc) is 2.67. The van der Waals surface area contributed by atoms with Gasteiger partial charge in [-0.25, -0.2) is 8.42 Å². The molecule has 9 heteroatoms. The molecule has 0 heterocycles. The smallest absolute Gasteiger partial charge is 0.223 e. The topological polar surface area (TPSA) is 99.7 Å². The molecule has 0 spiro atoms. The zero-order valence-electron chi connectivity index (χ0n) is 17.5. The Labute approximate surface area is 191 Å². The van der Waals surface area contributed by atoms with E-state index < -0.39 is 9.84 Å². The van der Waals surface area contributed by atoms with Gasteiger partial charge in [-0.15, -0.1) is 24.0 Å². The van der Waals surface area contributed by atoms with Crippen LogP contribution in [0, 0.1) is 12.8 Å². The number of carbonyl (C=O) groups excluding carboxylic acids is 1. The van der Waals surface area contributed by atoms with E-state index in [-0.39, 0.29) is 35.8 Å². The second-order valence-electron chi connectivity index (χ2n) is 7.35. The molecule has 0 saturated heterocycles. The van der Waals surface area contributed by atoms with Gasteiger partial charge in [-0.2, -0.15) is 0 Å². The molecule has 0 atom stereocenters. The fourth-order valence-corrected chi connectivity index (χ4v) is 4.48. The normalized spacial score (nSPS) is 15.3. The van der Waals surface area contributed by atoms with Crippen LogP contribution in [0.2, 0.25) is 0 Å². The van der Waals surface area contributed by atoms with Gasteiger partial charge >= 0.3 is 0 Å². The Morgan fingerprint density at radius 1 is 1.10 bits per heavy atom. The largest absolute Gasteiger partial charge is 0.355 e. The van der Waals surface area contributed by atoms with Crippen molar-refractivity contribution in [1.29, 1.82) is 0 Å². The lowest BCUT2D eigenvalue weighted by Crippen LogP contribution is -2.42. The Kier molecular flexibility index (Phi) is 10.9. The molecule has 0 unspecified atom stereocenters. The number of sulfone groups is 1. The van der Waals surface area contributed by atoms with E-state index in [4.69, 9.17) is 0 Å². The second kappa shape index (κ2) is 12.4. The van der Waals surface area contributed by atoms with Crippen molar-refractivity contribution in [1.82, 2.24) is 16.0 Å². The molecule has 0 aliphatic heterocycles. The van der Waals surface area contributed by atoms with Crippen molar-refractivity contribution in [2.24, 2.45) is 10.9 Å². The first-order valence-corrected chi connectivity index (χ1v) is 11.7. The van der Waals surface area contributed by atoms with Crippen molar-refractivity contribution in [3.63, 3.8) is 0 Å². The number of guanidine groups is 1. The maximum Gasteiger partial charge on any atom is 0.223 e. The fourth-order valence-electron chi connectivity index (χ4n) is 3.52. The number of aryl methyl sites for hydroxylation is 1. The number of halogens is 1. The first-order chi connectivity index (χ1) is 13.3. The van der Waals surface area contributed by atoms with Crippen LogP contribution in [-0.4, -0.2) is 46.7 Å². The summed E-state index contributed by atoms with van der Waals surface area (Å²) in [5.41, 5.74) is 1.70. The van der Waals surface area contributed by atoms with Crippen LogP contribution in [0.4, 0.5) is 0 Å². The summed E-state index contributed by atoms with van der Waals surface area (Å²) in [7, 11) is -1.52. The maximum atomic E-state index is 12.1. The summed E-state index contributed by atoms with van der Waals surface area (Å²) in [4.78, 5) is 16.7. The van der Waals surface area contributed by atoms with Crippen LogP contribution < -0.4 is 16.0 Å². The van der Waals surface area contributed by atoms with Gasteiger partial charge in [0, 0.05) is 38.9 Å². The van der Waals surface area contributed by atoms with Gasteiger partial charge in [0.15, 0.2) is 15.8 Å². The van der Waals surface area contributed by atoms with Crippen LogP contribution in [-0.2, 0) is 21.2 Å². The highest BCUT2D eigenvalue weighted by molar-refractivity contribution is 14.0. The van der Waals surface area contributed by atoms with Crippen molar-refractivity contribution in [2.45, 2.75) is 50.5 Å². The molecular formula is C20H33IN4O3S. The molecule has 3 N–H and O–H groups in total. The highest BCUT2D eigenvalue weighted by Gasteiger charge is 2.20. The van der Waals surface area contributed by atoms with Crippen LogP contribution in [0.15, 0.2) is 28.1 Å². The van der Waals surface area contributed by atoms with Crippen molar-refractivity contribution in [3.8, 4) is 0 Å². The Balaban J connectivity index is 0.00000420. The minimum absolute atomic E-state index is 0. The summed E-state index contributed by atoms with van der Waals surface area (Å²) in [6.45, 7) is 3.46. The summed E-state index contributed by atoms with van der Waals surface area (Å²) in [5.74, 6) is 0.965. The predicted molar refractivity (Wildman–Crippen MR) is 127 cm³/mol. The summed E-state index contributed by atoms with van der Waals surface area (Å²) in [6, 6.07) is 5.30. The fraction of sp³-hybridized carbons (Fsp3) is 0.600. The maximum absolute atomic E-state index is 12.1. The van der Waals surface area contributed by atoms with E-state index in [2.05, 4.69) is 20.9 Å². The number of nitrogens with one attached hydrogen (secondary N) is 3. The van der Waals surface area contributed by atoms with Crippen LogP contribution in [0.1, 0.15) is 43.2 Å². The summed E-state index contributed by atoms with van der Waals surface area (Å²) in [6.07, 6.45) is 6.75. The third-order valence-corrected chi connectivity index (χ3v) is 6.27. The lowest BCUT2D eigenvalue weighted by molar-refractivity contribution is -0.125. The van der Waals surface area contributed by atoms with E-state index in [9.17, 15) is 13.2 Å². The average molecular weight is 536 g/mol. The Morgan fingerprint density at radius 2 is 1.76 bits per heavy atom. The zero-order valence-corrected chi connectivity index (χ0v) is 20.6. The highest BCUT2D eigenvalue weighted by Crippen LogP contribution is 2.23. The number of nitrogens with zero attached hydrogens (tertiary/aromatic N) is 1. The molecule has 29 heavy (non-hydrogen) atoms. The van der Waals surface area contributed by atoms with Gasteiger partial charge in [-0.3, -0.25) is 9.79 Å². The van der Waals surface area contributed by atoms with Gasteiger partial charge in [0.2, 0.25) is 5.91 Å². The van der Waals surface area contributed by atoms with E-state index in [1.807, 2.05) is 6.07 Å². The number of hydrogen-bond acceptors (Lipinski definition) is 4. The number of amides is 1. The van der Waals surface area contributed by atoms with E-state index in [0.717, 1.165) is 36.8 Å². The third kappa shape index (κ3) is 8.49. The molecule has 7 nitrogen and oxygen atoms in total. The van der Waals surface area contributed by atoms with Crippen LogP contribution >= 0.6 is 24.0 Å². The SMILES string of the molecule is CN=C(NCCNC(=O)C1CCCCC1)NCc1ccc(S(C)(=O)=O)c(C)c1.I. The molecule has 1 aliphatic rings. The minimum atomic E-state index is -3.21. The molecule has 1 aromatic carbocycles. The van der Waals surface area contributed by atoms with Crippen molar-refractivity contribution in [2.75, 3.05) is 26.4 Å². The molecule has 0 bridgehead atoms. The van der Waals surface area contributed by atoms with Gasteiger partial charge in [0.05, 0.1) is 4.90 Å². The first kappa shape index (κ1) is 25.7. The second-order valence-corrected chi connectivity index (χ2v) is 9.33. The number of carbonyl (C=O) groups is 1. The first-order valence-electron chi connectivity index (χ1n) is 9.83. The van der Waals surface area contributed by atoms with Crippen molar-refractivity contribution >= 4 is 45.7 Å². The molecule has 1 aromatic rings. The van der Waals surface area contributed by atoms with Gasteiger partial charge in [0.25, 0.3) is 0 Å². The lowest BCUT2D eigenvalue weighted by atomic mass is 9.89. The van der Waals surface area contributed by atoms with E-state index in [1.54, 1.807) is 26.1 Å². The zero-order chi connectivity index (χ0) is 20.6. The number of hydrogen-bond donors (Lipinski definition) is 3. The van der Waals surface area contributed by atoms with Crippen LogP contribution in [0.3, 0.4) is 0 Å². The molecule has 2 rings (SSSR count). The van der Waals surface area contributed by atoms with Crippen molar-refractivity contribution in [3.05, 3.63) is 29.3 Å². The molecular weight excluding hydrogens is 503 g/mol. The summed E-state index contributed by atoms with van der Waals surface area (Å²) in [5, 5.41) is 9.37. The van der Waals surface area contributed by atoms with Crippen molar-refractivity contribution < 1.29 is 13.2 Å². The van der Waals surface area contributed by atoms with Gasteiger partial charge in [-0.05, 0) is 37.0 Å². The molecule has 164 valence electrons. The minimum Gasteiger partial charge on any atom is -0.355 e. The van der Waals surface area contributed by atoms with Gasteiger partial charge in [-0.1, -0.05) is 31.4 Å². The molecule has 0 radical (unpaired) electrons. The summed E-state index contributed by atoms with van der Waals surface area (Å²) >= 11 is 0. The number of aliphatic imine (C=N–C) groups is 1. The molecule has 1 saturated carbocycles. The number of rotatable bonds is 7. The van der Waals surface area contributed by atoms with Crippen LogP contribution in [0.25, 0.3) is 0 Å². The number of benzene rings is 1. The lowest BCUT2D eigenvalue weighted by Gasteiger charge is -2.21. The monoisotopic (exact) mass is 536 g/mol. The Hall–Kier alpha value is -1.36. The molecule has 1 fully saturated rings. The predicted octanol–water partition coefficient (Wildman–Crippen LogP) is 2.38. The Bertz CT molecular complexity index is 806. The van der Waals surface area contributed by atoms with E-state index in [1.165, 1.54) is 12.7 Å². The molecule has 0 aromatic heterocycles. The molecule has 1 amide bonds. The Morgan fingerprint density at radius 3 is 2.34 bits per heavy atom.